The maximum atomic E-state index is 5.67. The van der Waals surface area contributed by atoms with Crippen LogP contribution in [0.5, 0.6) is 0 Å². The van der Waals surface area contributed by atoms with E-state index in [1.807, 2.05) is 0 Å². The summed E-state index contributed by atoms with van der Waals surface area (Å²) in [5, 5.41) is 7.22. The number of halogens is 1. The fourth-order valence-electron chi connectivity index (χ4n) is 1.82. The lowest BCUT2D eigenvalue weighted by atomic mass is 10.00. The van der Waals surface area contributed by atoms with Crippen LogP contribution < -0.4 is 10.6 Å². The Balaban J connectivity index is 1.98. The van der Waals surface area contributed by atoms with Crippen molar-refractivity contribution < 1.29 is 0 Å². The average molecular weight is 227 g/mol. The van der Waals surface area contributed by atoms with Gasteiger partial charge in [-0.3, -0.25) is 0 Å². The number of nitrogens with zero attached hydrogens (tertiary/aromatic N) is 2. The molecule has 2 rings (SSSR count). The highest BCUT2D eigenvalue weighted by atomic mass is 35.5. The summed E-state index contributed by atoms with van der Waals surface area (Å²) in [7, 11) is 0. The minimum absolute atomic E-state index is 0.425. The molecule has 2 N–H and O–H groups in total. The maximum Gasteiger partial charge on any atom is 0.147 e. The van der Waals surface area contributed by atoms with Crippen molar-refractivity contribution in [2.75, 3.05) is 11.9 Å². The molecule has 1 fully saturated rings. The summed E-state index contributed by atoms with van der Waals surface area (Å²) in [5.74, 6) is 0.792. The second kappa shape index (κ2) is 4.77. The van der Waals surface area contributed by atoms with Crippen LogP contribution >= 0.6 is 11.6 Å². The number of hydrogen-bond acceptors (Lipinski definition) is 4. The zero-order valence-electron chi connectivity index (χ0n) is 8.70. The third-order valence-corrected chi connectivity index (χ3v) is 2.91. The van der Waals surface area contributed by atoms with Crippen molar-refractivity contribution in [3.8, 4) is 0 Å². The lowest BCUT2D eigenvalue weighted by molar-refractivity contribution is 0.388. The Morgan fingerprint density at radius 1 is 1.47 bits per heavy atom. The van der Waals surface area contributed by atoms with Gasteiger partial charge in [0.15, 0.2) is 0 Å². The number of hydrogen-bond donors (Lipinski definition) is 2. The van der Waals surface area contributed by atoms with Crippen molar-refractivity contribution in [3.05, 3.63) is 17.5 Å². The fourth-order valence-corrected chi connectivity index (χ4v) is 1.92. The largest absolute Gasteiger partial charge is 0.365 e. The number of anilines is 1. The normalized spacial score (nSPS) is 26.3. The zero-order chi connectivity index (χ0) is 10.7. The molecule has 0 aliphatic carbocycles. The molecule has 15 heavy (non-hydrogen) atoms. The first-order chi connectivity index (χ1) is 7.25. The van der Waals surface area contributed by atoms with Crippen LogP contribution in [0, 0.1) is 0 Å². The van der Waals surface area contributed by atoms with Crippen LogP contribution in [-0.2, 0) is 0 Å². The predicted molar refractivity (Wildman–Crippen MR) is 61.2 cm³/mol. The van der Waals surface area contributed by atoms with Gasteiger partial charge in [-0.2, -0.15) is 0 Å². The van der Waals surface area contributed by atoms with E-state index in [4.69, 9.17) is 11.6 Å². The summed E-state index contributed by atoms with van der Waals surface area (Å²) in [5.41, 5.74) is 0. The maximum absolute atomic E-state index is 5.67. The Kier molecular flexibility index (Phi) is 3.38. The van der Waals surface area contributed by atoms with Crippen molar-refractivity contribution in [3.63, 3.8) is 0 Å². The van der Waals surface area contributed by atoms with Gasteiger partial charge in [0.1, 0.15) is 11.0 Å². The fraction of sp³-hybridized carbons (Fsp3) is 0.600. The van der Waals surface area contributed by atoms with Crippen LogP contribution in [0.3, 0.4) is 0 Å². The van der Waals surface area contributed by atoms with E-state index in [0.29, 0.717) is 17.2 Å². The molecule has 2 heterocycles. The molecule has 0 amide bonds. The Bertz CT molecular complexity index is 314. The Hall–Kier alpha value is -0.870. The molecular formula is C10H15ClN4. The van der Waals surface area contributed by atoms with Crippen LogP contribution in [0.4, 0.5) is 5.82 Å². The van der Waals surface area contributed by atoms with Gasteiger partial charge in [-0.1, -0.05) is 11.6 Å². The van der Waals surface area contributed by atoms with Gasteiger partial charge in [0.25, 0.3) is 0 Å². The van der Waals surface area contributed by atoms with Crippen LogP contribution in [0.25, 0.3) is 0 Å². The summed E-state index contributed by atoms with van der Waals surface area (Å²) in [6, 6.07) is 0.894. The zero-order valence-corrected chi connectivity index (χ0v) is 9.46. The van der Waals surface area contributed by atoms with Crippen molar-refractivity contribution in [2.24, 2.45) is 0 Å². The van der Waals surface area contributed by atoms with Crippen LogP contribution in [-0.4, -0.2) is 28.6 Å². The summed E-state index contributed by atoms with van der Waals surface area (Å²) < 4.78 is 0. The monoisotopic (exact) mass is 226 g/mol. The van der Waals surface area contributed by atoms with Gasteiger partial charge in [0.2, 0.25) is 0 Å². The molecule has 1 aliphatic rings. The number of piperidine rings is 1. The SMILES string of the molecule is C[C@@H]1NCCC[C@H]1Nc1cnc(Cl)cn1. The van der Waals surface area contributed by atoms with E-state index in [0.717, 1.165) is 12.4 Å². The Morgan fingerprint density at radius 2 is 2.33 bits per heavy atom. The lowest BCUT2D eigenvalue weighted by Crippen LogP contribution is -2.46. The summed E-state index contributed by atoms with van der Waals surface area (Å²) >= 11 is 5.67. The quantitative estimate of drug-likeness (QED) is 0.806. The van der Waals surface area contributed by atoms with Gasteiger partial charge in [0, 0.05) is 12.1 Å². The number of rotatable bonds is 2. The third kappa shape index (κ3) is 2.79. The second-order valence-electron chi connectivity index (χ2n) is 3.86. The molecule has 1 aliphatic heterocycles. The van der Waals surface area contributed by atoms with E-state index in [-0.39, 0.29) is 0 Å². The predicted octanol–water partition coefficient (Wildman–Crippen LogP) is 1.68. The first kappa shape index (κ1) is 10.6. The molecule has 0 radical (unpaired) electrons. The highest BCUT2D eigenvalue weighted by molar-refractivity contribution is 6.29. The van der Waals surface area contributed by atoms with Gasteiger partial charge >= 0.3 is 0 Å². The third-order valence-electron chi connectivity index (χ3n) is 2.72. The average Bonchev–Trinajstić information content (AvgIpc) is 2.25. The molecule has 1 aromatic heterocycles. The van der Waals surface area contributed by atoms with Gasteiger partial charge in [-0.05, 0) is 26.3 Å². The Morgan fingerprint density at radius 3 is 3.00 bits per heavy atom. The van der Waals surface area contributed by atoms with E-state index < -0.39 is 0 Å². The molecule has 4 nitrogen and oxygen atoms in total. The molecule has 1 saturated heterocycles. The van der Waals surface area contributed by atoms with Gasteiger partial charge < -0.3 is 10.6 Å². The van der Waals surface area contributed by atoms with E-state index in [2.05, 4.69) is 27.5 Å². The number of aromatic nitrogens is 2. The van der Waals surface area contributed by atoms with Gasteiger partial charge in [-0.15, -0.1) is 0 Å². The topological polar surface area (TPSA) is 49.8 Å². The first-order valence-electron chi connectivity index (χ1n) is 5.23. The van der Waals surface area contributed by atoms with Crippen molar-refractivity contribution in [2.45, 2.75) is 31.8 Å². The van der Waals surface area contributed by atoms with E-state index in [1.165, 1.54) is 12.8 Å². The minimum Gasteiger partial charge on any atom is -0.365 e. The van der Waals surface area contributed by atoms with Crippen LogP contribution in [0.1, 0.15) is 19.8 Å². The molecule has 0 bridgehead atoms. The van der Waals surface area contributed by atoms with E-state index in [9.17, 15) is 0 Å². The van der Waals surface area contributed by atoms with E-state index in [1.54, 1.807) is 12.4 Å². The van der Waals surface area contributed by atoms with Gasteiger partial charge in [-0.25, -0.2) is 9.97 Å². The van der Waals surface area contributed by atoms with Crippen molar-refractivity contribution in [1.29, 1.82) is 0 Å². The molecule has 0 unspecified atom stereocenters. The smallest absolute Gasteiger partial charge is 0.147 e. The Labute approximate surface area is 94.5 Å². The number of nitrogens with one attached hydrogen (secondary N) is 2. The van der Waals surface area contributed by atoms with Crippen LogP contribution in [0.15, 0.2) is 12.4 Å². The molecular weight excluding hydrogens is 212 g/mol. The minimum atomic E-state index is 0.425. The second-order valence-corrected chi connectivity index (χ2v) is 4.25. The molecule has 0 aromatic carbocycles. The molecule has 0 spiro atoms. The summed E-state index contributed by atoms with van der Waals surface area (Å²) in [6.07, 6.45) is 5.59. The van der Waals surface area contributed by atoms with Crippen molar-refractivity contribution >= 4 is 17.4 Å². The summed E-state index contributed by atoms with van der Waals surface area (Å²) in [6.45, 7) is 3.28. The van der Waals surface area contributed by atoms with E-state index >= 15 is 0 Å². The van der Waals surface area contributed by atoms with Gasteiger partial charge in [0.05, 0.1) is 12.4 Å². The first-order valence-corrected chi connectivity index (χ1v) is 5.61. The molecule has 5 heteroatoms. The highest BCUT2D eigenvalue weighted by Crippen LogP contribution is 2.14. The summed E-state index contributed by atoms with van der Waals surface area (Å²) in [4.78, 5) is 8.16. The van der Waals surface area contributed by atoms with Crippen LogP contribution in [0.2, 0.25) is 5.15 Å². The molecule has 1 aromatic rings. The van der Waals surface area contributed by atoms with Crippen molar-refractivity contribution in [1.82, 2.24) is 15.3 Å². The highest BCUT2D eigenvalue weighted by Gasteiger charge is 2.20. The standard InChI is InChI=1S/C10H15ClN4/c1-7-8(3-2-4-12-7)15-10-6-13-9(11)5-14-10/h5-8,12H,2-4H2,1H3,(H,14,15)/t7-,8+/m0/s1. The lowest BCUT2D eigenvalue weighted by Gasteiger charge is -2.30. The molecule has 0 saturated carbocycles. The molecule has 2 atom stereocenters. The molecule has 82 valence electrons.